The maximum absolute atomic E-state index is 6.54. The minimum absolute atomic E-state index is 0.458. The molecule has 0 saturated heterocycles. The Bertz CT molecular complexity index is 2250. The third kappa shape index (κ3) is 6.28. The van der Waals surface area contributed by atoms with E-state index in [2.05, 4.69) is 99.1 Å². The molecule has 3 aromatic carbocycles. The number of benzene rings is 3. The van der Waals surface area contributed by atoms with Crippen LogP contribution in [0.25, 0.3) is 33.8 Å². The standard InChI is InChI=1S/C37H37I2N10O/c1-20-2-7-25-23(12-20)16-48(40)19-30-34(25)47-37(44-30)39-15-32-42-29-18-49(41)17-24-13-21(5-8-26(24)33(29)45-32)3-4-22-6-9-27-31(14-22)50-11-10-28-35(27)46-36(38)43-28/h2,5-9,12-14H,3-4,10-11,15-19,40-41H2,1H3,(H,42,45)(H,43,46)(H,44,47)/q-1. The van der Waals surface area contributed by atoms with Gasteiger partial charge in [-0.15, -0.1) is 0 Å². The fourth-order valence-electron chi connectivity index (χ4n) is 7.34. The van der Waals surface area contributed by atoms with Crippen LogP contribution < -0.4 is 37.6 Å². The molecule has 0 saturated carbocycles. The fourth-order valence-corrected chi connectivity index (χ4v) is 9.92. The van der Waals surface area contributed by atoms with Crippen LogP contribution in [-0.4, -0.2) is 46.5 Å². The first-order valence-corrected chi connectivity index (χ1v) is 20.5. The van der Waals surface area contributed by atoms with Crippen molar-refractivity contribution in [3.05, 3.63) is 113 Å². The normalized spacial score (nSPS) is 15.5. The molecule has 50 heavy (non-hydrogen) atoms. The monoisotopic (exact) mass is 891 g/mol. The molecular formula is C37H37I2N10O-. The number of aromatic amines is 3. The van der Waals surface area contributed by atoms with Crippen molar-refractivity contribution in [2.24, 2.45) is 11.7 Å². The van der Waals surface area contributed by atoms with Gasteiger partial charge in [-0.2, -0.15) is 0 Å². The van der Waals surface area contributed by atoms with Crippen LogP contribution in [0.15, 0.2) is 54.6 Å². The molecular weight excluding hydrogens is 854 g/mol. The van der Waals surface area contributed by atoms with Gasteiger partial charge in [-0.3, -0.25) is 0 Å². The third-order valence-corrected chi connectivity index (χ3v) is 12.5. The van der Waals surface area contributed by atoms with E-state index >= 15 is 0 Å². The number of fused-ring (bicyclic) bond motifs is 9. The number of H-pyrrole nitrogens is 3. The van der Waals surface area contributed by atoms with E-state index in [9.17, 15) is 0 Å². The number of nitrogens with one attached hydrogen (secondary N) is 3. The summed E-state index contributed by atoms with van der Waals surface area (Å²) in [6, 6.07) is 19.9. The zero-order valence-electron chi connectivity index (χ0n) is 27.6. The molecule has 3 aliphatic rings. The summed E-state index contributed by atoms with van der Waals surface area (Å²) in [5, 5.41) is 3.73. The molecule has 0 aliphatic carbocycles. The Kier molecular flexibility index (Phi) is 8.51. The van der Waals surface area contributed by atoms with Crippen LogP contribution >= 0.6 is 22.6 Å². The summed E-state index contributed by atoms with van der Waals surface area (Å²) in [6.07, 6.45) is 2.67. The number of nitrogens with two attached hydrogens (primary N) is 2. The van der Waals surface area contributed by atoms with Gasteiger partial charge in [0.25, 0.3) is 0 Å². The number of hydrogen-bond donors (Lipinski definition) is 5. The molecule has 13 heteroatoms. The molecule has 0 spiro atoms. The van der Waals surface area contributed by atoms with Gasteiger partial charge in [-0.1, -0.05) is 0 Å². The van der Waals surface area contributed by atoms with Crippen molar-refractivity contribution >= 4 is 22.6 Å². The topological polar surface area (TPSA) is 154 Å². The van der Waals surface area contributed by atoms with E-state index < -0.39 is 21.2 Å². The van der Waals surface area contributed by atoms with E-state index in [-0.39, 0.29) is 0 Å². The molecule has 3 aromatic heterocycles. The van der Waals surface area contributed by atoms with Gasteiger partial charge in [-0.05, 0) is 28.7 Å². The number of imidazole rings is 3. The number of alkyl halides is 1. The second kappa shape index (κ2) is 13.2. The number of nitrogens with zero attached hydrogens (tertiary/aromatic N) is 5. The number of hydrogen-bond acceptors (Lipinski definition) is 8. The number of rotatable bonds is 6. The molecule has 0 bridgehead atoms. The molecule has 0 amide bonds. The van der Waals surface area contributed by atoms with E-state index in [1.54, 1.807) is 0 Å². The Morgan fingerprint density at radius 2 is 1.40 bits per heavy atom. The second-order valence-corrected chi connectivity index (χ2v) is 16.9. The van der Waals surface area contributed by atoms with Crippen LogP contribution in [0.4, 0.5) is 0 Å². The molecule has 0 atom stereocenters. The van der Waals surface area contributed by atoms with Crippen molar-refractivity contribution in [2.75, 3.05) is 6.61 Å². The van der Waals surface area contributed by atoms with Gasteiger partial charge in [-0.25, -0.2) is 4.98 Å². The Morgan fingerprint density at radius 1 is 0.740 bits per heavy atom. The average molecular weight is 892 g/mol. The molecule has 6 aromatic rings. The SMILES string of the molecule is Cc1ccc2c(c1)CN(N)Cc1[nH]c([I-]Cc3nc4c([nH]3)CN(N)Cc3cc(CCc5ccc6c(c5)OCCc5[nH]c(I)nc5-6)ccc3-4)nc1-2. The Balaban J connectivity index is 0.913. The number of halogens is 2. The summed E-state index contributed by atoms with van der Waals surface area (Å²) in [5.41, 5.74) is 15.9. The van der Waals surface area contributed by atoms with Crippen molar-refractivity contribution in [1.29, 1.82) is 0 Å². The number of aromatic nitrogens is 6. The van der Waals surface area contributed by atoms with Crippen LogP contribution in [0.2, 0.25) is 0 Å². The van der Waals surface area contributed by atoms with Gasteiger partial charge in [0.1, 0.15) is 5.75 Å². The summed E-state index contributed by atoms with van der Waals surface area (Å²) >= 11 is 1.78. The molecule has 11 nitrogen and oxygen atoms in total. The van der Waals surface area contributed by atoms with E-state index in [1.807, 2.05) is 10.0 Å². The van der Waals surface area contributed by atoms with Crippen LogP contribution in [-0.2, 0) is 49.9 Å². The fraction of sp³-hybridized carbons (Fsp3) is 0.270. The Labute approximate surface area is 314 Å². The minimum atomic E-state index is -0.458. The van der Waals surface area contributed by atoms with E-state index in [4.69, 9.17) is 31.4 Å². The molecule has 6 heterocycles. The molecule has 9 rings (SSSR count). The zero-order valence-corrected chi connectivity index (χ0v) is 31.9. The average Bonchev–Trinajstić information content (AvgIpc) is 3.71. The summed E-state index contributed by atoms with van der Waals surface area (Å²) in [7, 11) is 0. The predicted octanol–water partition coefficient (Wildman–Crippen LogP) is 2.33. The number of ether oxygens (including phenoxy) is 1. The van der Waals surface area contributed by atoms with Gasteiger partial charge >= 0.3 is 233 Å². The van der Waals surface area contributed by atoms with Gasteiger partial charge in [0.2, 0.25) is 0 Å². The first-order valence-electron chi connectivity index (χ1n) is 16.8. The Hall–Kier alpha value is -3.61. The van der Waals surface area contributed by atoms with Crippen molar-refractivity contribution in [3.63, 3.8) is 0 Å². The van der Waals surface area contributed by atoms with Crippen LogP contribution in [0, 0.1) is 14.6 Å². The summed E-state index contributed by atoms with van der Waals surface area (Å²) in [4.78, 5) is 25.6. The van der Waals surface area contributed by atoms with Crippen LogP contribution in [0.5, 0.6) is 5.75 Å². The number of aryl methyl sites for hydroxylation is 3. The predicted molar refractivity (Wildman–Crippen MR) is 195 cm³/mol. The molecule has 3 aliphatic heterocycles. The van der Waals surface area contributed by atoms with Crippen LogP contribution in [0.3, 0.4) is 0 Å². The van der Waals surface area contributed by atoms with E-state index in [1.165, 1.54) is 33.4 Å². The molecule has 256 valence electrons. The van der Waals surface area contributed by atoms with Crippen molar-refractivity contribution in [3.8, 4) is 39.5 Å². The number of hydrazine groups is 2. The van der Waals surface area contributed by atoms with Gasteiger partial charge < -0.3 is 9.72 Å². The van der Waals surface area contributed by atoms with Crippen LogP contribution in [0.1, 0.15) is 50.7 Å². The Morgan fingerprint density at radius 3 is 2.20 bits per heavy atom. The quantitative estimate of drug-likeness (QED) is 0.0972. The molecule has 0 fully saturated rings. The summed E-state index contributed by atoms with van der Waals surface area (Å²) in [5.74, 6) is 14.8. The van der Waals surface area contributed by atoms with Gasteiger partial charge in [0.05, 0.1) is 12.3 Å². The first-order chi connectivity index (χ1) is 24.3. The second-order valence-electron chi connectivity index (χ2n) is 13.4. The van der Waals surface area contributed by atoms with Crippen molar-refractivity contribution in [1.82, 2.24) is 39.9 Å². The van der Waals surface area contributed by atoms with E-state index in [0.717, 1.165) is 88.2 Å². The van der Waals surface area contributed by atoms with Crippen molar-refractivity contribution < 1.29 is 25.9 Å². The molecule has 0 radical (unpaired) electrons. The van der Waals surface area contributed by atoms with Gasteiger partial charge in [0, 0.05) is 17.7 Å². The molecule has 7 N–H and O–H groups in total. The van der Waals surface area contributed by atoms with Gasteiger partial charge in [0.15, 0.2) is 3.83 Å². The first kappa shape index (κ1) is 32.3. The zero-order chi connectivity index (χ0) is 33.9. The molecule has 0 unspecified atom stereocenters. The van der Waals surface area contributed by atoms with E-state index in [0.29, 0.717) is 32.8 Å². The summed E-state index contributed by atoms with van der Waals surface area (Å²) in [6.45, 7) is 5.41. The maximum atomic E-state index is 6.54. The van der Waals surface area contributed by atoms with Crippen molar-refractivity contribution in [2.45, 2.75) is 56.8 Å². The summed E-state index contributed by atoms with van der Waals surface area (Å²) < 4.78 is 8.95. The third-order valence-electron chi connectivity index (χ3n) is 9.67.